The van der Waals surface area contributed by atoms with Gasteiger partial charge >= 0.3 is 0 Å². The highest BCUT2D eigenvalue weighted by atomic mass is 16.5. The number of nitrogens with one attached hydrogen (secondary N) is 1. The van der Waals surface area contributed by atoms with E-state index in [0.29, 0.717) is 0 Å². The van der Waals surface area contributed by atoms with Crippen molar-refractivity contribution in [1.29, 1.82) is 0 Å². The van der Waals surface area contributed by atoms with Crippen LogP contribution in [0.2, 0.25) is 0 Å². The standard InChI is InChI=1S/C21H17N3O/c1-25-16-7-4-6-15(14-16)11-12-20-23-18-9-3-2-8-17(18)21-19(24-20)10-5-13-22-21/h2-14H,1H3,(H,23,24)/b12-11+. The van der Waals surface area contributed by atoms with E-state index in [1.807, 2.05) is 72.8 Å². The third kappa shape index (κ3) is 3.15. The largest absolute Gasteiger partial charge is 0.497 e. The van der Waals surface area contributed by atoms with E-state index in [2.05, 4.69) is 10.3 Å². The number of aliphatic imine (C=N–C) groups is 1. The molecule has 0 bridgehead atoms. The van der Waals surface area contributed by atoms with E-state index in [1.165, 1.54) is 0 Å². The summed E-state index contributed by atoms with van der Waals surface area (Å²) in [4.78, 5) is 9.28. The van der Waals surface area contributed by atoms with E-state index in [1.54, 1.807) is 13.3 Å². The van der Waals surface area contributed by atoms with Crippen LogP contribution >= 0.6 is 0 Å². The molecule has 0 radical (unpaired) electrons. The van der Waals surface area contributed by atoms with Crippen LogP contribution in [-0.4, -0.2) is 17.9 Å². The SMILES string of the molecule is COc1cccc(/C=C/C2=Nc3ccccc3-c3ncccc3N2)c1. The maximum absolute atomic E-state index is 5.27. The van der Waals surface area contributed by atoms with Gasteiger partial charge in [-0.1, -0.05) is 36.4 Å². The Morgan fingerprint density at radius 1 is 0.960 bits per heavy atom. The Hall–Kier alpha value is -3.40. The molecule has 0 aliphatic carbocycles. The Kier molecular flexibility index (Phi) is 4.01. The molecule has 1 aliphatic heterocycles. The molecule has 122 valence electrons. The Morgan fingerprint density at radius 3 is 2.80 bits per heavy atom. The highest BCUT2D eigenvalue weighted by molar-refractivity contribution is 6.11. The summed E-state index contributed by atoms with van der Waals surface area (Å²) in [6.07, 6.45) is 5.78. The molecule has 4 heteroatoms. The van der Waals surface area contributed by atoms with Crippen LogP contribution in [0.1, 0.15) is 5.56 Å². The molecule has 0 saturated heterocycles. The first-order chi connectivity index (χ1) is 12.3. The van der Waals surface area contributed by atoms with Gasteiger partial charge in [0.05, 0.1) is 24.2 Å². The normalized spacial score (nSPS) is 12.6. The summed E-state index contributed by atoms with van der Waals surface area (Å²) in [6.45, 7) is 0. The lowest BCUT2D eigenvalue weighted by Gasteiger charge is -2.07. The smallest absolute Gasteiger partial charge is 0.131 e. The Bertz CT molecular complexity index is 976. The summed E-state index contributed by atoms with van der Waals surface area (Å²) < 4.78 is 5.27. The second-order valence-electron chi connectivity index (χ2n) is 5.65. The van der Waals surface area contributed by atoms with E-state index in [4.69, 9.17) is 9.73 Å². The van der Waals surface area contributed by atoms with Gasteiger partial charge in [-0.05, 0) is 42.0 Å². The minimum atomic E-state index is 0.766. The lowest BCUT2D eigenvalue weighted by Crippen LogP contribution is -2.08. The van der Waals surface area contributed by atoms with E-state index in [-0.39, 0.29) is 0 Å². The van der Waals surface area contributed by atoms with Gasteiger partial charge in [-0.3, -0.25) is 4.98 Å². The lowest BCUT2D eigenvalue weighted by molar-refractivity contribution is 0.414. The van der Waals surface area contributed by atoms with E-state index in [0.717, 1.165) is 39.8 Å². The molecule has 25 heavy (non-hydrogen) atoms. The fraction of sp³-hybridized carbons (Fsp3) is 0.0476. The minimum absolute atomic E-state index is 0.766. The second kappa shape index (κ2) is 6.61. The topological polar surface area (TPSA) is 46.5 Å². The molecule has 2 aromatic carbocycles. The van der Waals surface area contributed by atoms with E-state index in [9.17, 15) is 0 Å². The first kappa shape index (κ1) is 15.1. The van der Waals surface area contributed by atoms with Crippen molar-refractivity contribution in [3.05, 3.63) is 78.5 Å². The third-order valence-electron chi connectivity index (χ3n) is 4.00. The predicted molar refractivity (Wildman–Crippen MR) is 102 cm³/mol. The van der Waals surface area contributed by atoms with Gasteiger partial charge < -0.3 is 10.1 Å². The van der Waals surface area contributed by atoms with Crippen molar-refractivity contribution in [3.8, 4) is 17.0 Å². The number of fused-ring (bicyclic) bond motifs is 3. The van der Waals surface area contributed by atoms with Crippen LogP contribution in [0.3, 0.4) is 0 Å². The van der Waals surface area contributed by atoms with Crippen LogP contribution < -0.4 is 10.1 Å². The van der Waals surface area contributed by atoms with Crippen LogP contribution in [-0.2, 0) is 0 Å². The van der Waals surface area contributed by atoms with Crippen LogP contribution in [0.15, 0.2) is 77.9 Å². The van der Waals surface area contributed by atoms with Gasteiger partial charge in [0.25, 0.3) is 0 Å². The summed E-state index contributed by atoms with van der Waals surface area (Å²) in [5.74, 6) is 1.60. The molecule has 4 rings (SSSR count). The zero-order chi connectivity index (χ0) is 17.1. The lowest BCUT2D eigenvalue weighted by atomic mass is 10.1. The predicted octanol–water partition coefficient (Wildman–Crippen LogP) is 4.93. The highest BCUT2D eigenvalue weighted by Crippen LogP contribution is 2.35. The third-order valence-corrected chi connectivity index (χ3v) is 4.00. The highest BCUT2D eigenvalue weighted by Gasteiger charge is 2.15. The van der Waals surface area contributed by atoms with Gasteiger partial charge in [0.1, 0.15) is 11.6 Å². The van der Waals surface area contributed by atoms with Crippen molar-refractivity contribution in [2.75, 3.05) is 12.4 Å². The summed E-state index contributed by atoms with van der Waals surface area (Å²) in [7, 11) is 1.67. The van der Waals surface area contributed by atoms with Crippen molar-refractivity contribution in [2.24, 2.45) is 4.99 Å². The molecule has 2 heterocycles. The number of pyridine rings is 1. The molecule has 4 nitrogen and oxygen atoms in total. The number of anilines is 1. The zero-order valence-electron chi connectivity index (χ0n) is 13.8. The van der Waals surface area contributed by atoms with Crippen molar-refractivity contribution in [1.82, 2.24) is 4.98 Å². The molecule has 0 fully saturated rings. The summed E-state index contributed by atoms with van der Waals surface area (Å²) in [6, 6.07) is 19.9. The molecule has 0 unspecified atom stereocenters. The van der Waals surface area contributed by atoms with Gasteiger partial charge in [0.2, 0.25) is 0 Å². The number of benzene rings is 2. The quantitative estimate of drug-likeness (QED) is 0.742. The van der Waals surface area contributed by atoms with Crippen LogP contribution in [0.5, 0.6) is 5.75 Å². The fourth-order valence-electron chi connectivity index (χ4n) is 2.79. The Morgan fingerprint density at radius 2 is 1.88 bits per heavy atom. The molecule has 3 aromatic rings. The molecule has 0 spiro atoms. The van der Waals surface area contributed by atoms with Crippen LogP contribution in [0.25, 0.3) is 17.3 Å². The molecular weight excluding hydrogens is 310 g/mol. The number of ether oxygens (including phenoxy) is 1. The first-order valence-electron chi connectivity index (χ1n) is 8.06. The number of amidine groups is 1. The summed E-state index contributed by atoms with van der Waals surface area (Å²) >= 11 is 0. The maximum Gasteiger partial charge on any atom is 0.131 e. The van der Waals surface area contributed by atoms with Gasteiger partial charge in [0, 0.05) is 11.8 Å². The van der Waals surface area contributed by atoms with E-state index >= 15 is 0 Å². The molecule has 1 aliphatic rings. The van der Waals surface area contributed by atoms with Crippen molar-refractivity contribution in [2.45, 2.75) is 0 Å². The van der Waals surface area contributed by atoms with Gasteiger partial charge in [-0.25, -0.2) is 4.99 Å². The van der Waals surface area contributed by atoms with Crippen molar-refractivity contribution < 1.29 is 4.74 Å². The second-order valence-corrected chi connectivity index (χ2v) is 5.65. The Balaban J connectivity index is 1.74. The van der Waals surface area contributed by atoms with Crippen molar-refractivity contribution >= 4 is 23.3 Å². The summed E-state index contributed by atoms with van der Waals surface area (Å²) in [5.41, 5.74) is 4.83. The molecule has 1 aromatic heterocycles. The number of para-hydroxylation sites is 1. The van der Waals surface area contributed by atoms with Gasteiger partial charge in [0.15, 0.2) is 0 Å². The van der Waals surface area contributed by atoms with E-state index < -0.39 is 0 Å². The molecule has 0 atom stereocenters. The number of methoxy groups -OCH3 is 1. The van der Waals surface area contributed by atoms with Gasteiger partial charge in [-0.15, -0.1) is 0 Å². The fourth-order valence-corrected chi connectivity index (χ4v) is 2.79. The maximum atomic E-state index is 5.27. The monoisotopic (exact) mass is 327 g/mol. The average molecular weight is 327 g/mol. The first-order valence-corrected chi connectivity index (χ1v) is 8.06. The van der Waals surface area contributed by atoms with Crippen LogP contribution in [0, 0.1) is 0 Å². The zero-order valence-corrected chi connectivity index (χ0v) is 13.8. The Labute approximate surface area is 146 Å². The average Bonchev–Trinajstić information content (AvgIpc) is 2.83. The number of nitrogens with zero attached hydrogens (tertiary/aromatic N) is 2. The number of hydrogen-bond donors (Lipinski definition) is 1. The molecule has 0 amide bonds. The molecule has 0 saturated carbocycles. The van der Waals surface area contributed by atoms with Crippen LogP contribution in [0.4, 0.5) is 11.4 Å². The number of hydrogen-bond acceptors (Lipinski definition) is 4. The summed E-state index contributed by atoms with van der Waals surface area (Å²) in [5, 5.41) is 3.37. The minimum Gasteiger partial charge on any atom is -0.497 e. The van der Waals surface area contributed by atoms with Crippen molar-refractivity contribution in [3.63, 3.8) is 0 Å². The molecular formula is C21H17N3O. The number of aromatic nitrogens is 1. The number of rotatable bonds is 3. The molecule has 1 N–H and O–H groups in total. The van der Waals surface area contributed by atoms with Gasteiger partial charge in [-0.2, -0.15) is 0 Å².